The summed E-state index contributed by atoms with van der Waals surface area (Å²) in [4.78, 5) is 0. The van der Waals surface area contributed by atoms with Crippen molar-refractivity contribution < 1.29 is 5.48 Å². The van der Waals surface area contributed by atoms with E-state index in [1.54, 1.807) is 0 Å². The molecule has 0 heterocycles. The SMILES string of the molecule is CCC1C=CC(C)CC1.O. The van der Waals surface area contributed by atoms with E-state index in [2.05, 4.69) is 26.0 Å². The highest BCUT2D eigenvalue weighted by molar-refractivity contribution is 4.95. The molecule has 0 aromatic heterocycles. The van der Waals surface area contributed by atoms with Crippen molar-refractivity contribution in [2.75, 3.05) is 0 Å². The normalized spacial score (nSPS) is 31.4. The first-order chi connectivity index (χ1) is 4.33. The zero-order valence-electron chi connectivity index (χ0n) is 6.93. The molecule has 2 atom stereocenters. The Bertz CT molecular complexity index is 107. The molecule has 0 fully saturated rings. The molecule has 1 aliphatic carbocycles. The van der Waals surface area contributed by atoms with Crippen LogP contribution < -0.4 is 0 Å². The van der Waals surface area contributed by atoms with E-state index in [1.165, 1.54) is 19.3 Å². The number of rotatable bonds is 1. The third-order valence-corrected chi connectivity index (χ3v) is 2.23. The minimum absolute atomic E-state index is 0. The van der Waals surface area contributed by atoms with Crippen LogP contribution in [0.5, 0.6) is 0 Å². The molecule has 1 nitrogen and oxygen atoms in total. The van der Waals surface area contributed by atoms with Crippen LogP contribution in [0.2, 0.25) is 0 Å². The molecule has 1 rings (SSSR count). The van der Waals surface area contributed by atoms with E-state index in [0.29, 0.717) is 0 Å². The Morgan fingerprint density at radius 3 is 2.40 bits per heavy atom. The first-order valence-corrected chi connectivity index (χ1v) is 4.01. The number of hydrogen-bond donors (Lipinski definition) is 0. The van der Waals surface area contributed by atoms with Crippen LogP contribution >= 0.6 is 0 Å². The summed E-state index contributed by atoms with van der Waals surface area (Å²) < 4.78 is 0. The molecule has 0 amide bonds. The van der Waals surface area contributed by atoms with Gasteiger partial charge in [-0.25, -0.2) is 0 Å². The molecule has 0 aromatic rings. The second-order valence-electron chi connectivity index (χ2n) is 3.11. The lowest BCUT2D eigenvalue weighted by Gasteiger charge is -2.17. The minimum atomic E-state index is 0. The maximum atomic E-state index is 2.38. The average molecular weight is 142 g/mol. The van der Waals surface area contributed by atoms with Crippen molar-refractivity contribution >= 4 is 0 Å². The van der Waals surface area contributed by atoms with Crippen LogP contribution in [-0.2, 0) is 0 Å². The van der Waals surface area contributed by atoms with Crippen molar-refractivity contribution in [2.24, 2.45) is 11.8 Å². The van der Waals surface area contributed by atoms with E-state index in [0.717, 1.165) is 11.8 Å². The van der Waals surface area contributed by atoms with Gasteiger partial charge in [0.2, 0.25) is 0 Å². The van der Waals surface area contributed by atoms with Crippen LogP contribution in [0.3, 0.4) is 0 Å². The fourth-order valence-corrected chi connectivity index (χ4v) is 1.36. The average Bonchev–Trinajstić information content (AvgIpc) is 1.90. The molecule has 0 bridgehead atoms. The van der Waals surface area contributed by atoms with E-state index in [4.69, 9.17) is 0 Å². The summed E-state index contributed by atoms with van der Waals surface area (Å²) in [5.74, 6) is 1.73. The summed E-state index contributed by atoms with van der Waals surface area (Å²) in [6.45, 7) is 4.56. The molecule has 0 spiro atoms. The zero-order valence-corrected chi connectivity index (χ0v) is 6.93. The van der Waals surface area contributed by atoms with Crippen LogP contribution in [-0.4, -0.2) is 5.48 Å². The predicted molar refractivity (Wildman–Crippen MR) is 44.9 cm³/mol. The van der Waals surface area contributed by atoms with Crippen LogP contribution in [0.4, 0.5) is 0 Å². The molecular weight excluding hydrogens is 124 g/mol. The Morgan fingerprint density at radius 1 is 1.30 bits per heavy atom. The quantitative estimate of drug-likeness (QED) is 0.502. The van der Waals surface area contributed by atoms with E-state index in [1.807, 2.05) is 0 Å². The van der Waals surface area contributed by atoms with Gasteiger partial charge in [0.15, 0.2) is 0 Å². The summed E-state index contributed by atoms with van der Waals surface area (Å²) in [5, 5.41) is 0. The topological polar surface area (TPSA) is 31.5 Å². The molecule has 2 unspecified atom stereocenters. The highest BCUT2D eigenvalue weighted by Gasteiger charge is 2.09. The standard InChI is InChI=1S/C9H16.H2O/c1-3-9-6-4-8(2)5-7-9;/h4,6,8-9H,3,5,7H2,1-2H3;1H2. The second kappa shape index (κ2) is 4.51. The lowest BCUT2D eigenvalue weighted by Crippen LogP contribution is -2.04. The molecule has 0 saturated heterocycles. The lowest BCUT2D eigenvalue weighted by atomic mass is 9.88. The van der Waals surface area contributed by atoms with Gasteiger partial charge in [0.25, 0.3) is 0 Å². The van der Waals surface area contributed by atoms with Crippen LogP contribution in [0.25, 0.3) is 0 Å². The van der Waals surface area contributed by atoms with Crippen molar-refractivity contribution in [2.45, 2.75) is 33.1 Å². The minimum Gasteiger partial charge on any atom is -0.412 e. The molecule has 0 saturated carbocycles. The van der Waals surface area contributed by atoms with Gasteiger partial charge in [0.05, 0.1) is 0 Å². The molecule has 2 N–H and O–H groups in total. The lowest BCUT2D eigenvalue weighted by molar-refractivity contribution is 0.467. The maximum absolute atomic E-state index is 2.38. The molecule has 10 heavy (non-hydrogen) atoms. The van der Waals surface area contributed by atoms with Crippen molar-refractivity contribution in [3.63, 3.8) is 0 Å². The second-order valence-corrected chi connectivity index (χ2v) is 3.11. The smallest absolute Gasteiger partial charge is 0.0236 e. The third-order valence-electron chi connectivity index (χ3n) is 2.23. The van der Waals surface area contributed by atoms with Gasteiger partial charge in [-0.1, -0.05) is 26.0 Å². The van der Waals surface area contributed by atoms with Crippen molar-refractivity contribution in [1.29, 1.82) is 0 Å². The zero-order chi connectivity index (χ0) is 6.69. The molecule has 0 radical (unpaired) electrons. The highest BCUT2D eigenvalue weighted by Crippen LogP contribution is 2.23. The first kappa shape index (κ1) is 9.70. The summed E-state index contributed by atoms with van der Waals surface area (Å²) in [6.07, 6.45) is 8.87. The van der Waals surface area contributed by atoms with Gasteiger partial charge in [-0.15, -0.1) is 0 Å². The molecule has 0 aromatic carbocycles. The summed E-state index contributed by atoms with van der Waals surface area (Å²) in [5.41, 5.74) is 0. The highest BCUT2D eigenvalue weighted by atomic mass is 16.0. The maximum Gasteiger partial charge on any atom is -0.0236 e. The van der Waals surface area contributed by atoms with Gasteiger partial charge < -0.3 is 5.48 Å². The van der Waals surface area contributed by atoms with E-state index >= 15 is 0 Å². The Labute approximate surface area is 63.4 Å². The molecule has 1 aliphatic rings. The van der Waals surface area contributed by atoms with Gasteiger partial charge in [-0.05, 0) is 31.1 Å². The predicted octanol–water partition coefficient (Wildman–Crippen LogP) is 2.17. The van der Waals surface area contributed by atoms with E-state index in [9.17, 15) is 0 Å². The van der Waals surface area contributed by atoms with Crippen LogP contribution in [0, 0.1) is 11.8 Å². The van der Waals surface area contributed by atoms with Gasteiger partial charge in [-0.2, -0.15) is 0 Å². The Morgan fingerprint density at radius 2 is 2.00 bits per heavy atom. The van der Waals surface area contributed by atoms with Gasteiger partial charge in [0, 0.05) is 0 Å². The van der Waals surface area contributed by atoms with E-state index < -0.39 is 0 Å². The first-order valence-electron chi connectivity index (χ1n) is 4.01. The largest absolute Gasteiger partial charge is 0.412 e. The fraction of sp³-hybridized carbons (Fsp3) is 0.778. The molecule has 0 aliphatic heterocycles. The Hall–Kier alpha value is -0.300. The Kier molecular flexibility index (Phi) is 4.37. The van der Waals surface area contributed by atoms with E-state index in [-0.39, 0.29) is 5.48 Å². The number of hydrogen-bond acceptors (Lipinski definition) is 0. The van der Waals surface area contributed by atoms with Crippen LogP contribution in [0.15, 0.2) is 12.2 Å². The van der Waals surface area contributed by atoms with Crippen molar-refractivity contribution in [1.82, 2.24) is 0 Å². The van der Waals surface area contributed by atoms with Gasteiger partial charge >= 0.3 is 0 Å². The Balaban J connectivity index is 0.000000810. The summed E-state index contributed by atoms with van der Waals surface area (Å²) in [7, 11) is 0. The molecular formula is C9H18O. The summed E-state index contributed by atoms with van der Waals surface area (Å²) >= 11 is 0. The molecule has 60 valence electrons. The van der Waals surface area contributed by atoms with Crippen molar-refractivity contribution in [3.8, 4) is 0 Å². The number of allylic oxidation sites excluding steroid dienone is 2. The third kappa shape index (κ3) is 2.53. The monoisotopic (exact) mass is 142 g/mol. The van der Waals surface area contributed by atoms with Crippen molar-refractivity contribution in [3.05, 3.63) is 12.2 Å². The summed E-state index contributed by atoms with van der Waals surface area (Å²) in [6, 6.07) is 0. The van der Waals surface area contributed by atoms with Crippen LogP contribution in [0.1, 0.15) is 33.1 Å². The van der Waals surface area contributed by atoms with Gasteiger partial charge in [0.1, 0.15) is 0 Å². The van der Waals surface area contributed by atoms with Gasteiger partial charge in [-0.3, -0.25) is 0 Å². The fourth-order valence-electron chi connectivity index (χ4n) is 1.36. The molecule has 1 heteroatoms.